The Bertz CT molecular complexity index is 497. The summed E-state index contributed by atoms with van der Waals surface area (Å²) in [4.78, 5) is 13.0. The molecule has 118 valence electrons. The lowest BCUT2D eigenvalue weighted by atomic mass is 10.0. The van der Waals surface area contributed by atoms with Crippen LogP contribution in [-0.4, -0.2) is 42.7 Å². The van der Waals surface area contributed by atoms with E-state index in [1.54, 1.807) is 0 Å². The molecule has 1 rings (SSSR count). The van der Waals surface area contributed by atoms with Crippen molar-refractivity contribution in [1.29, 1.82) is 0 Å². The molecular formula is C15H22BrFN2O2. The number of hydrogen-bond acceptors (Lipinski definition) is 3. The lowest BCUT2D eigenvalue weighted by Crippen LogP contribution is -2.33. The minimum Gasteiger partial charge on any atom is -0.478 e. The number of anilines is 1. The first-order chi connectivity index (χ1) is 9.72. The molecule has 0 aromatic heterocycles. The van der Waals surface area contributed by atoms with Crippen molar-refractivity contribution in [1.82, 2.24) is 4.90 Å². The normalized spacial score (nSPS) is 12.8. The molecule has 0 aliphatic rings. The largest absolute Gasteiger partial charge is 0.478 e. The number of likely N-dealkylation sites (N-methyl/N-ethyl adjacent to an activating group) is 1. The average Bonchev–Trinajstić information content (AvgIpc) is 2.33. The lowest BCUT2D eigenvalue weighted by molar-refractivity contribution is 0.0695. The van der Waals surface area contributed by atoms with E-state index in [4.69, 9.17) is 5.11 Å². The highest BCUT2D eigenvalue weighted by molar-refractivity contribution is 9.10. The summed E-state index contributed by atoms with van der Waals surface area (Å²) >= 11 is 3.02. The first-order valence-corrected chi connectivity index (χ1v) is 7.64. The second kappa shape index (κ2) is 7.75. The predicted octanol–water partition coefficient (Wildman–Crippen LogP) is 3.67. The zero-order valence-corrected chi connectivity index (χ0v) is 14.4. The van der Waals surface area contributed by atoms with Crippen molar-refractivity contribution in [3.63, 3.8) is 0 Å². The Hall–Kier alpha value is -1.14. The Labute approximate surface area is 133 Å². The van der Waals surface area contributed by atoms with Crippen molar-refractivity contribution in [2.75, 3.05) is 26.0 Å². The van der Waals surface area contributed by atoms with E-state index in [-0.39, 0.29) is 16.1 Å². The molecule has 0 aliphatic carbocycles. The maximum atomic E-state index is 14.3. The summed E-state index contributed by atoms with van der Waals surface area (Å²) in [5.41, 5.74) is 0.241. The van der Waals surface area contributed by atoms with Gasteiger partial charge in [-0.05, 0) is 54.5 Å². The van der Waals surface area contributed by atoms with E-state index in [0.29, 0.717) is 11.6 Å². The number of carboxylic acid groups (broad SMARTS) is 1. The molecule has 0 radical (unpaired) electrons. The van der Waals surface area contributed by atoms with E-state index < -0.39 is 11.8 Å². The van der Waals surface area contributed by atoms with Crippen molar-refractivity contribution in [2.45, 2.75) is 26.3 Å². The standard InChI is InChI=1S/C15H22BrFN2O2/c1-9(2)7-10(8-19(3)4)18-12-6-5-11(15(20)21)13(16)14(12)17/h5-6,9-10,18H,7-8H2,1-4H3,(H,20,21). The summed E-state index contributed by atoms with van der Waals surface area (Å²) in [6, 6.07) is 2.98. The highest BCUT2D eigenvalue weighted by Crippen LogP contribution is 2.28. The zero-order valence-electron chi connectivity index (χ0n) is 12.8. The van der Waals surface area contributed by atoms with E-state index in [1.807, 2.05) is 19.0 Å². The van der Waals surface area contributed by atoms with Gasteiger partial charge in [-0.2, -0.15) is 0 Å². The minimum atomic E-state index is -1.15. The summed E-state index contributed by atoms with van der Waals surface area (Å²) in [5, 5.41) is 12.2. The van der Waals surface area contributed by atoms with Crippen molar-refractivity contribution in [2.24, 2.45) is 5.92 Å². The third kappa shape index (κ3) is 5.28. The van der Waals surface area contributed by atoms with E-state index in [2.05, 4.69) is 35.1 Å². The van der Waals surface area contributed by atoms with Gasteiger partial charge in [-0.25, -0.2) is 9.18 Å². The first kappa shape index (κ1) is 17.9. The van der Waals surface area contributed by atoms with Crippen LogP contribution in [0.3, 0.4) is 0 Å². The summed E-state index contributed by atoms with van der Waals surface area (Å²) in [5.74, 6) is -1.24. The van der Waals surface area contributed by atoms with Gasteiger partial charge in [-0.1, -0.05) is 13.8 Å². The number of nitrogens with one attached hydrogen (secondary N) is 1. The highest BCUT2D eigenvalue weighted by Gasteiger charge is 2.19. The lowest BCUT2D eigenvalue weighted by Gasteiger charge is -2.25. The van der Waals surface area contributed by atoms with Crippen LogP contribution in [0.4, 0.5) is 10.1 Å². The molecule has 0 aliphatic heterocycles. The second-order valence-corrected chi connectivity index (χ2v) is 6.62. The number of rotatable bonds is 7. The van der Waals surface area contributed by atoms with Crippen LogP contribution in [0, 0.1) is 11.7 Å². The molecule has 2 N–H and O–H groups in total. The van der Waals surface area contributed by atoms with Crippen LogP contribution < -0.4 is 5.32 Å². The van der Waals surface area contributed by atoms with E-state index in [1.165, 1.54) is 12.1 Å². The maximum absolute atomic E-state index is 14.3. The number of aromatic carboxylic acids is 1. The van der Waals surface area contributed by atoms with E-state index in [9.17, 15) is 9.18 Å². The molecule has 0 amide bonds. The topological polar surface area (TPSA) is 52.6 Å². The molecule has 21 heavy (non-hydrogen) atoms. The van der Waals surface area contributed by atoms with Gasteiger partial charge in [0, 0.05) is 12.6 Å². The van der Waals surface area contributed by atoms with Crippen LogP contribution in [0.1, 0.15) is 30.6 Å². The highest BCUT2D eigenvalue weighted by atomic mass is 79.9. The van der Waals surface area contributed by atoms with Gasteiger partial charge >= 0.3 is 5.97 Å². The second-order valence-electron chi connectivity index (χ2n) is 5.83. The Kier molecular flexibility index (Phi) is 6.61. The molecular weight excluding hydrogens is 339 g/mol. The van der Waals surface area contributed by atoms with Gasteiger partial charge in [-0.3, -0.25) is 0 Å². The number of benzene rings is 1. The SMILES string of the molecule is CC(C)CC(CN(C)C)Nc1ccc(C(=O)O)c(Br)c1F. The van der Waals surface area contributed by atoms with Gasteiger partial charge in [-0.15, -0.1) is 0 Å². The van der Waals surface area contributed by atoms with Crippen molar-refractivity contribution in [3.8, 4) is 0 Å². The predicted molar refractivity (Wildman–Crippen MR) is 86.5 cm³/mol. The number of nitrogens with zero attached hydrogens (tertiary/aromatic N) is 1. The molecule has 1 atom stereocenters. The molecule has 0 saturated carbocycles. The molecule has 0 fully saturated rings. The van der Waals surface area contributed by atoms with Crippen molar-refractivity contribution >= 4 is 27.6 Å². The third-order valence-corrected chi connectivity index (χ3v) is 3.79. The Morgan fingerprint density at radius 2 is 2.05 bits per heavy atom. The molecule has 4 nitrogen and oxygen atoms in total. The maximum Gasteiger partial charge on any atom is 0.336 e. The summed E-state index contributed by atoms with van der Waals surface area (Å²) in [6.45, 7) is 5.00. The Balaban J connectivity index is 2.98. The Morgan fingerprint density at radius 1 is 1.43 bits per heavy atom. The zero-order chi connectivity index (χ0) is 16.2. The summed E-state index contributed by atoms with van der Waals surface area (Å²) in [7, 11) is 3.93. The van der Waals surface area contributed by atoms with Crippen LogP contribution in [0.15, 0.2) is 16.6 Å². The molecule has 0 spiro atoms. The fourth-order valence-electron chi connectivity index (χ4n) is 2.23. The fourth-order valence-corrected chi connectivity index (χ4v) is 2.75. The fraction of sp³-hybridized carbons (Fsp3) is 0.533. The molecule has 6 heteroatoms. The smallest absolute Gasteiger partial charge is 0.336 e. The van der Waals surface area contributed by atoms with Gasteiger partial charge in [0.15, 0.2) is 5.82 Å². The van der Waals surface area contributed by atoms with Gasteiger partial charge in [0.2, 0.25) is 0 Å². The number of carbonyl (C=O) groups is 1. The van der Waals surface area contributed by atoms with Gasteiger partial charge in [0.25, 0.3) is 0 Å². The molecule has 0 heterocycles. The van der Waals surface area contributed by atoms with Crippen LogP contribution in [0.2, 0.25) is 0 Å². The van der Waals surface area contributed by atoms with Gasteiger partial charge in [0.05, 0.1) is 15.7 Å². The monoisotopic (exact) mass is 360 g/mol. The van der Waals surface area contributed by atoms with Crippen LogP contribution >= 0.6 is 15.9 Å². The van der Waals surface area contributed by atoms with Crippen LogP contribution in [-0.2, 0) is 0 Å². The molecule has 0 saturated heterocycles. The first-order valence-electron chi connectivity index (χ1n) is 6.85. The van der Waals surface area contributed by atoms with Crippen molar-refractivity contribution < 1.29 is 14.3 Å². The molecule has 1 aromatic carbocycles. The molecule has 1 aromatic rings. The molecule has 1 unspecified atom stereocenters. The minimum absolute atomic E-state index is 0.0202. The van der Waals surface area contributed by atoms with Crippen LogP contribution in [0.25, 0.3) is 0 Å². The van der Waals surface area contributed by atoms with E-state index in [0.717, 1.165) is 13.0 Å². The van der Waals surface area contributed by atoms with Gasteiger partial charge < -0.3 is 15.3 Å². The van der Waals surface area contributed by atoms with Crippen LogP contribution in [0.5, 0.6) is 0 Å². The van der Waals surface area contributed by atoms with Crippen molar-refractivity contribution in [3.05, 3.63) is 28.0 Å². The molecule has 0 bridgehead atoms. The Morgan fingerprint density at radius 3 is 2.52 bits per heavy atom. The third-order valence-electron chi connectivity index (χ3n) is 3.01. The average molecular weight is 361 g/mol. The number of hydrogen-bond donors (Lipinski definition) is 2. The number of halogens is 2. The summed E-state index contributed by atoms with van der Waals surface area (Å²) < 4.78 is 14.3. The summed E-state index contributed by atoms with van der Waals surface area (Å²) in [6.07, 6.45) is 0.899. The van der Waals surface area contributed by atoms with E-state index >= 15 is 0 Å². The quantitative estimate of drug-likeness (QED) is 0.778. The number of carboxylic acids is 1. The van der Waals surface area contributed by atoms with Gasteiger partial charge in [0.1, 0.15) is 0 Å².